The van der Waals surface area contributed by atoms with Gasteiger partial charge in [0.15, 0.2) is 11.5 Å². The van der Waals surface area contributed by atoms with Crippen LogP contribution in [0.15, 0.2) is 79.4 Å². The number of amides is 1. The fraction of sp³-hybridized carbons (Fsp3) is 0.125. The van der Waals surface area contributed by atoms with Crippen molar-refractivity contribution in [2.45, 2.75) is 19.9 Å². The summed E-state index contributed by atoms with van der Waals surface area (Å²) >= 11 is 0. The molecule has 0 saturated carbocycles. The first-order valence-corrected chi connectivity index (χ1v) is 10.3. The molecule has 0 unspecified atom stereocenters. The van der Waals surface area contributed by atoms with E-state index in [1.807, 2.05) is 54.9 Å². The smallest absolute Gasteiger partial charge is 0.256 e. The summed E-state index contributed by atoms with van der Waals surface area (Å²) < 4.78 is 3.45. The van der Waals surface area contributed by atoms with Crippen LogP contribution < -0.4 is 5.32 Å². The second-order valence-electron chi connectivity index (χ2n) is 7.62. The summed E-state index contributed by atoms with van der Waals surface area (Å²) in [6.45, 7) is 4.07. The third-order valence-electron chi connectivity index (χ3n) is 5.13. The molecule has 0 saturated heterocycles. The number of carbonyl (C=O) groups excluding carboxylic acids is 1. The van der Waals surface area contributed by atoms with Crippen molar-refractivity contribution in [3.05, 3.63) is 84.9 Å². The molecule has 0 aliphatic carbocycles. The molecule has 0 aliphatic rings. The zero-order chi connectivity index (χ0) is 22.1. The van der Waals surface area contributed by atoms with Gasteiger partial charge in [-0.15, -0.1) is 0 Å². The van der Waals surface area contributed by atoms with Gasteiger partial charge in [-0.1, -0.05) is 30.3 Å². The van der Waals surface area contributed by atoms with Gasteiger partial charge in [0.1, 0.15) is 0 Å². The molecule has 4 heterocycles. The van der Waals surface area contributed by atoms with Gasteiger partial charge in [-0.25, -0.2) is 19.3 Å². The minimum atomic E-state index is -0.265. The van der Waals surface area contributed by atoms with Crippen molar-refractivity contribution in [3.8, 4) is 17.1 Å². The van der Waals surface area contributed by atoms with E-state index in [9.17, 15) is 4.79 Å². The van der Waals surface area contributed by atoms with Gasteiger partial charge in [-0.2, -0.15) is 10.2 Å². The molecule has 5 rings (SSSR count). The Morgan fingerprint density at radius 1 is 1.00 bits per heavy atom. The summed E-state index contributed by atoms with van der Waals surface area (Å²) in [6.07, 6.45) is 6.81. The molecule has 32 heavy (non-hydrogen) atoms. The number of benzene rings is 1. The summed E-state index contributed by atoms with van der Waals surface area (Å²) in [5.41, 5.74) is 3.37. The SMILES string of the molecule is CC(C)n1ncc2c(C(=O)Nc3cccnc3-n3cccn3)cc(-c3ccccc3)nc21. The first-order chi connectivity index (χ1) is 15.6. The molecule has 8 heteroatoms. The van der Waals surface area contributed by atoms with Crippen molar-refractivity contribution in [3.63, 3.8) is 0 Å². The number of carbonyl (C=O) groups is 1. The van der Waals surface area contributed by atoms with Crippen LogP contribution >= 0.6 is 0 Å². The van der Waals surface area contributed by atoms with Crippen LogP contribution in [0.5, 0.6) is 0 Å². The minimum absolute atomic E-state index is 0.103. The van der Waals surface area contributed by atoms with Crippen molar-refractivity contribution in [1.29, 1.82) is 0 Å². The predicted molar refractivity (Wildman–Crippen MR) is 123 cm³/mol. The lowest BCUT2D eigenvalue weighted by atomic mass is 10.1. The number of hydrogen-bond acceptors (Lipinski definition) is 5. The second kappa shape index (κ2) is 8.07. The second-order valence-corrected chi connectivity index (χ2v) is 7.62. The number of anilines is 1. The van der Waals surface area contributed by atoms with E-state index in [4.69, 9.17) is 4.98 Å². The van der Waals surface area contributed by atoms with Gasteiger partial charge in [0.05, 0.1) is 28.5 Å². The average Bonchev–Trinajstić information content (AvgIpc) is 3.49. The lowest BCUT2D eigenvalue weighted by Gasteiger charge is -2.12. The standard InChI is InChI=1S/C24H21N7O/c1-16(2)31-22-19(15-27-31)18(14-21(28-22)17-8-4-3-5-9-17)24(32)29-20-10-6-11-25-23(20)30-13-7-12-26-30/h3-16H,1-2H3,(H,29,32). The number of nitrogens with zero attached hydrogens (tertiary/aromatic N) is 6. The molecule has 1 aromatic carbocycles. The maximum absolute atomic E-state index is 13.5. The van der Waals surface area contributed by atoms with E-state index < -0.39 is 0 Å². The highest BCUT2D eigenvalue weighted by molar-refractivity contribution is 6.13. The Kier molecular flexibility index (Phi) is 4.95. The molecule has 5 aromatic rings. The maximum Gasteiger partial charge on any atom is 0.256 e. The van der Waals surface area contributed by atoms with Crippen molar-refractivity contribution in [2.24, 2.45) is 0 Å². The fourth-order valence-electron chi connectivity index (χ4n) is 3.60. The highest BCUT2D eigenvalue weighted by atomic mass is 16.1. The molecule has 0 aliphatic heterocycles. The molecular formula is C24H21N7O. The number of pyridine rings is 2. The Morgan fingerprint density at radius 3 is 2.59 bits per heavy atom. The zero-order valence-electron chi connectivity index (χ0n) is 17.7. The number of hydrogen-bond donors (Lipinski definition) is 1. The van der Waals surface area contributed by atoms with Gasteiger partial charge in [-0.3, -0.25) is 4.79 Å². The van der Waals surface area contributed by atoms with E-state index in [2.05, 4.69) is 20.5 Å². The number of nitrogens with one attached hydrogen (secondary N) is 1. The Hall–Kier alpha value is -4.33. The number of rotatable bonds is 5. The third kappa shape index (κ3) is 3.51. The van der Waals surface area contributed by atoms with Crippen LogP contribution in [0, 0.1) is 0 Å². The van der Waals surface area contributed by atoms with Crippen LogP contribution in [-0.2, 0) is 0 Å². The van der Waals surface area contributed by atoms with Crippen LogP contribution in [0.1, 0.15) is 30.2 Å². The molecule has 0 spiro atoms. The number of fused-ring (bicyclic) bond motifs is 1. The lowest BCUT2D eigenvalue weighted by molar-refractivity contribution is 0.102. The van der Waals surface area contributed by atoms with Crippen molar-refractivity contribution in [2.75, 3.05) is 5.32 Å². The van der Waals surface area contributed by atoms with Gasteiger partial charge in [0.2, 0.25) is 0 Å². The summed E-state index contributed by atoms with van der Waals surface area (Å²) in [6, 6.07) is 17.1. The van der Waals surface area contributed by atoms with Crippen LogP contribution in [0.25, 0.3) is 28.1 Å². The van der Waals surface area contributed by atoms with Gasteiger partial charge < -0.3 is 5.32 Å². The topological polar surface area (TPSA) is 90.5 Å². The maximum atomic E-state index is 13.5. The van der Waals surface area contributed by atoms with Gasteiger partial charge >= 0.3 is 0 Å². The minimum Gasteiger partial charge on any atom is -0.319 e. The van der Waals surface area contributed by atoms with E-state index in [0.717, 1.165) is 5.56 Å². The van der Waals surface area contributed by atoms with E-state index in [0.29, 0.717) is 33.8 Å². The van der Waals surface area contributed by atoms with Crippen molar-refractivity contribution >= 4 is 22.6 Å². The molecule has 1 N–H and O–H groups in total. The molecule has 158 valence electrons. The quantitative estimate of drug-likeness (QED) is 0.449. The fourth-order valence-corrected chi connectivity index (χ4v) is 3.60. The molecule has 4 aromatic heterocycles. The highest BCUT2D eigenvalue weighted by Gasteiger charge is 2.20. The Labute approximate surface area is 184 Å². The summed E-state index contributed by atoms with van der Waals surface area (Å²) in [7, 11) is 0. The van der Waals surface area contributed by atoms with Crippen molar-refractivity contribution in [1.82, 2.24) is 29.5 Å². The Balaban J connectivity index is 1.62. The van der Waals surface area contributed by atoms with E-state index in [-0.39, 0.29) is 11.9 Å². The summed E-state index contributed by atoms with van der Waals surface area (Å²) in [5, 5.41) is 12.4. The Morgan fingerprint density at radius 2 is 1.84 bits per heavy atom. The molecule has 0 atom stereocenters. The molecule has 8 nitrogen and oxygen atoms in total. The van der Waals surface area contributed by atoms with E-state index >= 15 is 0 Å². The monoisotopic (exact) mass is 423 g/mol. The molecule has 0 fully saturated rings. The summed E-state index contributed by atoms with van der Waals surface area (Å²) in [5.74, 6) is 0.275. The van der Waals surface area contributed by atoms with Crippen LogP contribution in [0.2, 0.25) is 0 Å². The van der Waals surface area contributed by atoms with E-state index in [1.54, 1.807) is 47.7 Å². The Bertz CT molecular complexity index is 1390. The summed E-state index contributed by atoms with van der Waals surface area (Å²) in [4.78, 5) is 22.7. The van der Waals surface area contributed by atoms with Gasteiger partial charge in [0, 0.05) is 30.2 Å². The van der Waals surface area contributed by atoms with Crippen LogP contribution in [-0.4, -0.2) is 35.4 Å². The first-order valence-electron chi connectivity index (χ1n) is 10.3. The average molecular weight is 423 g/mol. The van der Waals surface area contributed by atoms with Crippen LogP contribution in [0.3, 0.4) is 0 Å². The highest BCUT2D eigenvalue weighted by Crippen LogP contribution is 2.27. The molecule has 1 amide bonds. The molecule has 0 radical (unpaired) electrons. The number of aromatic nitrogens is 6. The van der Waals surface area contributed by atoms with Crippen molar-refractivity contribution < 1.29 is 4.79 Å². The zero-order valence-corrected chi connectivity index (χ0v) is 17.7. The van der Waals surface area contributed by atoms with Gasteiger partial charge in [0.25, 0.3) is 5.91 Å². The van der Waals surface area contributed by atoms with Crippen LogP contribution in [0.4, 0.5) is 5.69 Å². The van der Waals surface area contributed by atoms with E-state index in [1.165, 1.54) is 0 Å². The molecular weight excluding hydrogens is 402 g/mol. The molecule has 0 bridgehead atoms. The normalized spacial score (nSPS) is 11.2. The largest absolute Gasteiger partial charge is 0.319 e. The predicted octanol–water partition coefficient (Wildman–Crippen LogP) is 4.51. The third-order valence-corrected chi connectivity index (χ3v) is 5.13. The lowest BCUT2D eigenvalue weighted by Crippen LogP contribution is -2.16. The first kappa shape index (κ1) is 19.6. The van der Waals surface area contributed by atoms with Gasteiger partial charge in [-0.05, 0) is 38.1 Å².